The van der Waals surface area contributed by atoms with Crippen molar-refractivity contribution in [1.82, 2.24) is 5.16 Å². The summed E-state index contributed by atoms with van der Waals surface area (Å²) in [5, 5.41) is 3.93. The zero-order chi connectivity index (χ0) is 11.0. The lowest BCUT2D eigenvalue weighted by atomic mass is 10.0. The fourth-order valence-electron chi connectivity index (χ4n) is 1.54. The molecule has 1 heterocycles. The molecule has 0 radical (unpaired) electrons. The Morgan fingerprint density at radius 2 is 2.07 bits per heavy atom. The first-order valence-electron chi connectivity index (χ1n) is 4.58. The number of aromatic nitrogens is 1. The van der Waals surface area contributed by atoms with Gasteiger partial charge in [0, 0.05) is 5.56 Å². The number of nitrogen functional groups attached to an aromatic ring is 1. The van der Waals surface area contributed by atoms with Crippen molar-refractivity contribution in [2.45, 2.75) is 13.8 Å². The van der Waals surface area contributed by atoms with Gasteiger partial charge >= 0.3 is 0 Å². The van der Waals surface area contributed by atoms with E-state index in [-0.39, 0.29) is 0 Å². The summed E-state index contributed by atoms with van der Waals surface area (Å²) in [6.45, 7) is 4.10. The second-order valence-corrected chi connectivity index (χ2v) is 4.32. The summed E-state index contributed by atoms with van der Waals surface area (Å²) in [6, 6.07) is 6.17. The minimum Gasteiger partial charge on any atom is -0.367 e. The number of halogens is 1. The lowest BCUT2D eigenvalue weighted by Gasteiger charge is -2.03. The molecular weight excluding hydrogens is 256 g/mol. The van der Waals surface area contributed by atoms with Crippen LogP contribution in [0.1, 0.15) is 11.1 Å². The lowest BCUT2D eigenvalue weighted by molar-refractivity contribution is 0.439. The van der Waals surface area contributed by atoms with Crippen LogP contribution in [0.4, 0.5) is 5.88 Å². The zero-order valence-corrected chi connectivity index (χ0v) is 10.1. The van der Waals surface area contributed by atoms with Crippen molar-refractivity contribution in [3.8, 4) is 11.3 Å². The molecule has 0 aliphatic carbocycles. The van der Waals surface area contributed by atoms with E-state index in [0.29, 0.717) is 5.88 Å². The lowest BCUT2D eigenvalue weighted by Crippen LogP contribution is -1.86. The molecule has 0 atom stereocenters. The predicted octanol–water partition coefficient (Wildman–Crippen LogP) is 3.30. The molecule has 4 heteroatoms. The molecule has 0 bridgehead atoms. The standard InChI is InChI=1S/C11H11BrN2O/c1-6-3-4-8(7(2)5-6)10-9(12)11(13)15-14-10/h3-5H,13H2,1-2H3. The van der Waals surface area contributed by atoms with E-state index in [2.05, 4.69) is 34.1 Å². The first-order valence-corrected chi connectivity index (χ1v) is 5.37. The van der Waals surface area contributed by atoms with Crippen molar-refractivity contribution in [2.24, 2.45) is 0 Å². The van der Waals surface area contributed by atoms with Gasteiger partial charge in [0.1, 0.15) is 10.2 Å². The highest BCUT2D eigenvalue weighted by atomic mass is 79.9. The molecule has 0 aliphatic rings. The van der Waals surface area contributed by atoms with Gasteiger partial charge in [-0.25, -0.2) is 0 Å². The minimum atomic E-state index is 0.310. The van der Waals surface area contributed by atoms with Crippen LogP contribution in [-0.2, 0) is 0 Å². The van der Waals surface area contributed by atoms with Crippen LogP contribution >= 0.6 is 15.9 Å². The van der Waals surface area contributed by atoms with Gasteiger partial charge in [0.25, 0.3) is 0 Å². The number of anilines is 1. The predicted molar refractivity (Wildman–Crippen MR) is 63.5 cm³/mol. The van der Waals surface area contributed by atoms with Crippen LogP contribution < -0.4 is 5.73 Å². The van der Waals surface area contributed by atoms with Gasteiger partial charge in [-0.05, 0) is 35.3 Å². The smallest absolute Gasteiger partial charge is 0.237 e. The Morgan fingerprint density at radius 3 is 2.60 bits per heavy atom. The van der Waals surface area contributed by atoms with Crippen LogP contribution in [0.5, 0.6) is 0 Å². The maximum atomic E-state index is 5.58. The van der Waals surface area contributed by atoms with Gasteiger partial charge in [0.15, 0.2) is 0 Å². The quantitative estimate of drug-likeness (QED) is 0.862. The minimum absolute atomic E-state index is 0.310. The Morgan fingerprint density at radius 1 is 1.33 bits per heavy atom. The fraction of sp³-hybridized carbons (Fsp3) is 0.182. The van der Waals surface area contributed by atoms with E-state index in [1.165, 1.54) is 5.56 Å². The van der Waals surface area contributed by atoms with E-state index in [1.54, 1.807) is 0 Å². The van der Waals surface area contributed by atoms with Crippen molar-refractivity contribution in [3.05, 3.63) is 33.8 Å². The molecule has 1 aromatic heterocycles. The van der Waals surface area contributed by atoms with Gasteiger partial charge in [-0.1, -0.05) is 28.9 Å². The third kappa shape index (κ3) is 1.77. The summed E-state index contributed by atoms with van der Waals surface area (Å²) in [7, 11) is 0. The van der Waals surface area contributed by atoms with Crippen LogP contribution in [0, 0.1) is 13.8 Å². The Bertz CT molecular complexity index is 505. The number of benzene rings is 1. The number of nitrogens with zero attached hydrogens (tertiary/aromatic N) is 1. The second-order valence-electron chi connectivity index (χ2n) is 3.53. The highest BCUT2D eigenvalue weighted by Gasteiger charge is 2.14. The molecule has 0 fully saturated rings. The molecule has 2 N–H and O–H groups in total. The summed E-state index contributed by atoms with van der Waals surface area (Å²) in [5.74, 6) is 0.310. The summed E-state index contributed by atoms with van der Waals surface area (Å²) in [6.07, 6.45) is 0. The zero-order valence-electron chi connectivity index (χ0n) is 8.54. The second kappa shape index (κ2) is 3.70. The Balaban J connectivity index is 2.59. The van der Waals surface area contributed by atoms with Gasteiger partial charge < -0.3 is 10.3 Å². The third-order valence-electron chi connectivity index (χ3n) is 2.30. The number of aryl methyl sites for hydroxylation is 2. The summed E-state index contributed by atoms with van der Waals surface area (Å²) < 4.78 is 5.63. The van der Waals surface area contributed by atoms with Gasteiger partial charge in [0.05, 0.1) is 0 Å². The van der Waals surface area contributed by atoms with Crippen LogP contribution in [-0.4, -0.2) is 5.16 Å². The van der Waals surface area contributed by atoms with Crippen LogP contribution in [0.15, 0.2) is 27.2 Å². The summed E-state index contributed by atoms with van der Waals surface area (Å²) in [5.41, 5.74) is 9.75. The Hall–Kier alpha value is -1.29. The summed E-state index contributed by atoms with van der Waals surface area (Å²) >= 11 is 3.36. The van der Waals surface area contributed by atoms with Crippen molar-refractivity contribution in [1.29, 1.82) is 0 Å². The molecule has 2 rings (SSSR count). The average Bonchev–Trinajstić information content (AvgIpc) is 2.49. The monoisotopic (exact) mass is 266 g/mol. The Labute approximate surface area is 96.4 Å². The molecule has 3 nitrogen and oxygen atoms in total. The van der Waals surface area contributed by atoms with E-state index >= 15 is 0 Å². The number of rotatable bonds is 1. The van der Waals surface area contributed by atoms with Crippen LogP contribution in [0.25, 0.3) is 11.3 Å². The van der Waals surface area contributed by atoms with E-state index in [1.807, 2.05) is 19.1 Å². The number of nitrogens with two attached hydrogens (primary N) is 1. The van der Waals surface area contributed by atoms with E-state index in [9.17, 15) is 0 Å². The van der Waals surface area contributed by atoms with Crippen LogP contribution in [0.2, 0.25) is 0 Å². The average molecular weight is 267 g/mol. The Kier molecular flexibility index (Phi) is 2.52. The molecular formula is C11H11BrN2O. The summed E-state index contributed by atoms with van der Waals surface area (Å²) in [4.78, 5) is 0. The molecule has 78 valence electrons. The van der Waals surface area contributed by atoms with Gasteiger partial charge in [-0.3, -0.25) is 0 Å². The van der Waals surface area contributed by atoms with Crippen molar-refractivity contribution in [2.75, 3.05) is 5.73 Å². The van der Waals surface area contributed by atoms with E-state index in [0.717, 1.165) is 21.3 Å². The van der Waals surface area contributed by atoms with Gasteiger partial charge in [-0.2, -0.15) is 0 Å². The topological polar surface area (TPSA) is 52.0 Å². The fourth-order valence-corrected chi connectivity index (χ4v) is 1.90. The maximum Gasteiger partial charge on any atom is 0.237 e. The molecule has 2 aromatic rings. The first kappa shape index (κ1) is 10.2. The van der Waals surface area contributed by atoms with Gasteiger partial charge in [0.2, 0.25) is 5.88 Å². The van der Waals surface area contributed by atoms with Crippen molar-refractivity contribution >= 4 is 21.8 Å². The highest BCUT2D eigenvalue weighted by molar-refractivity contribution is 9.10. The van der Waals surface area contributed by atoms with Crippen molar-refractivity contribution < 1.29 is 4.52 Å². The first-order chi connectivity index (χ1) is 7.09. The number of hydrogen-bond donors (Lipinski definition) is 1. The number of hydrogen-bond acceptors (Lipinski definition) is 3. The van der Waals surface area contributed by atoms with Crippen LogP contribution in [0.3, 0.4) is 0 Å². The molecule has 0 unspecified atom stereocenters. The van der Waals surface area contributed by atoms with E-state index in [4.69, 9.17) is 10.3 Å². The molecule has 0 saturated carbocycles. The SMILES string of the molecule is Cc1ccc(-c2noc(N)c2Br)c(C)c1. The largest absolute Gasteiger partial charge is 0.367 e. The van der Waals surface area contributed by atoms with E-state index < -0.39 is 0 Å². The van der Waals surface area contributed by atoms with Crippen molar-refractivity contribution in [3.63, 3.8) is 0 Å². The normalized spacial score (nSPS) is 10.6. The molecule has 0 amide bonds. The molecule has 0 spiro atoms. The molecule has 15 heavy (non-hydrogen) atoms. The third-order valence-corrected chi connectivity index (χ3v) is 3.06. The molecule has 1 aromatic carbocycles. The maximum absolute atomic E-state index is 5.58. The molecule has 0 saturated heterocycles. The molecule has 0 aliphatic heterocycles. The van der Waals surface area contributed by atoms with Gasteiger partial charge in [-0.15, -0.1) is 0 Å². The highest BCUT2D eigenvalue weighted by Crippen LogP contribution is 2.33.